The SMILES string of the molecule is CN=C(NCCCN(C)CC(F)(F)F)NCC1CCCS1. The van der Waals surface area contributed by atoms with Crippen LogP contribution in [0.3, 0.4) is 0 Å². The van der Waals surface area contributed by atoms with E-state index in [1.54, 1.807) is 7.05 Å². The Hall–Kier alpha value is -0.630. The number of guanidine groups is 1. The van der Waals surface area contributed by atoms with Gasteiger partial charge in [-0.2, -0.15) is 24.9 Å². The van der Waals surface area contributed by atoms with Gasteiger partial charge in [0, 0.05) is 25.4 Å². The van der Waals surface area contributed by atoms with Crippen LogP contribution in [-0.2, 0) is 0 Å². The molecule has 0 saturated carbocycles. The molecule has 8 heteroatoms. The first kappa shape index (κ1) is 18.4. The van der Waals surface area contributed by atoms with Crippen molar-refractivity contribution in [2.45, 2.75) is 30.7 Å². The number of halogens is 3. The van der Waals surface area contributed by atoms with Gasteiger partial charge in [0.15, 0.2) is 5.96 Å². The Morgan fingerprint density at radius 2 is 2.14 bits per heavy atom. The Balaban J connectivity index is 2.09. The van der Waals surface area contributed by atoms with Crippen molar-refractivity contribution in [3.05, 3.63) is 0 Å². The molecule has 1 fully saturated rings. The summed E-state index contributed by atoms with van der Waals surface area (Å²) in [6, 6.07) is 0. The van der Waals surface area contributed by atoms with E-state index < -0.39 is 12.7 Å². The number of nitrogens with one attached hydrogen (secondary N) is 2. The van der Waals surface area contributed by atoms with E-state index in [1.165, 1.54) is 30.5 Å². The van der Waals surface area contributed by atoms with Crippen molar-refractivity contribution in [2.75, 3.05) is 46.0 Å². The number of alkyl halides is 3. The molecule has 1 atom stereocenters. The molecule has 1 aliphatic rings. The zero-order valence-electron chi connectivity index (χ0n) is 12.7. The first-order valence-corrected chi connectivity index (χ1v) is 8.27. The summed E-state index contributed by atoms with van der Waals surface area (Å²) in [5.74, 6) is 1.95. The number of aliphatic imine (C=N–C) groups is 1. The lowest BCUT2D eigenvalue weighted by atomic mass is 10.2. The van der Waals surface area contributed by atoms with E-state index >= 15 is 0 Å². The summed E-state index contributed by atoms with van der Waals surface area (Å²) in [6.45, 7) is 1.04. The summed E-state index contributed by atoms with van der Waals surface area (Å²) >= 11 is 1.97. The summed E-state index contributed by atoms with van der Waals surface area (Å²) in [6.07, 6.45) is -0.977. The van der Waals surface area contributed by atoms with Gasteiger partial charge in [0.1, 0.15) is 0 Å². The highest BCUT2D eigenvalue weighted by molar-refractivity contribution is 8.00. The van der Waals surface area contributed by atoms with Gasteiger partial charge in [-0.05, 0) is 38.6 Å². The van der Waals surface area contributed by atoms with Crippen LogP contribution in [0.2, 0.25) is 0 Å². The molecule has 0 aromatic carbocycles. The van der Waals surface area contributed by atoms with E-state index in [1.807, 2.05) is 11.8 Å². The molecule has 1 heterocycles. The maximum absolute atomic E-state index is 12.2. The van der Waals surface area contributed by atoms with Gasteiger partial charge in [0.2, 0.25) is 0 Å². The fraction of sp³-hybridized carbons (Fsp3) is 0.923. The maximum Gasteiger partial charge on any atom is 0.401 e. The minimum Gasteiger partial charge on any atom is -0.356 e. The quantitative estimate of drug-likeness (QED) is 0.426. The molecule has 0 bridgehead atoms. The number of nitrogens with zero attached hydrogens (tertiary/aromatic N) is 2. The standard InChI is InChI=1S/C13H25F3N4S/c1-17-12(19-9-11-5-3-8-21-11)18-6-4-7-20(2)10-13(14,15)16/h11H,3-10H2,1-2H3,(H2,17,18,19). The maximum atomic E-state index is 12.2. The van der Waals surface area contributed by atoms with Crippen molar-refractivity contribution < 1.29 is 13.2 Å². The molecule has 1 rings (SSSR count). The topological polar surface area (TPSA) is 39.7 Å². The van der Waals surface area contributed by atoms with Crippen molar-refractivity contribution in [1.82, 2.24) is 15.5 Å². The molecule has 2 N–H and O–H groups in total. The Bertz CT molecular complexity index is 317. The fourth-order valence-corrected chi connectivity index (χ4v) is 3.38. The van der Waals surface area contributed by atoms with E-state index in [-0.39, 0.29) is 0 Å². The molecule has 0 aliphatic carbocycles. The van der Waals surface area contributed by atoms with Gasteiger partial charge < -0.3 is 10.6 Å². The van der Waals surface area contributed by atoms with E-state index in [0.717, 1.165) is 12.5 Å². The highest BCUT2D eigenvalue weighted by Crippen LogP contribution is 2.25. The molecule has 1 unspecified atom stereocenters. The number of hydrogen-bond donors (Lipinski definition) is 2. The predicted molar refractivity (Wildman–Crippen MR) is 83.0 cm³/mol. The van der Waals surface area contributed by atoms with E-state index in [9.17, 15) is 13.2 Å². The summed E-state index contributed by atoms with van der Waals surface area (Å²) in [5.41, 5.74) is 0. The van der Waals surface area contributed by atoms with Crippen LogP contribution in [0.25, 0.3) is 0 Å². The normalized spacial score (nSPS) is 20.1. The average Bonchev–Trinajstić information content (AvgIpc) is 2.89. The van der Waals surface area contributed by atoms with Crippen molar-refractivity contribution in [2.24, 2.45) is 4.99 Å². The molecule has 4 nitrogen and oxygen atoms in total. The molecule has 0 amide bonds. The monoisotopic (exact) mass is 326 g/mol. The van der Waals surface area contributed by atoms with Gasteiger partial charge in [-0.1, -0.05) is 0 Å². The summed E-state index contributed by atoms with van der Waals surface area (Å²) in [7, 11) is 3.19. The molecule has 21 heavy (non-hydrogen) atoms. The van der Waals surface area contributed by atoms with Crippen LogP contribution in [0.15, 0.2) is 4.99 Å². The van der Waals surface area contributed by atoms with Crippen molar-refractivity contribution in [3.63, 3.8) is 0 Å². The molecule has 0 aromatic heterocycles. The van der Waals surface area contributed by atoms with Gasteiger partial charge in [-0.3, -0.25) is 9.89 Å². The lowest BCUT2D eigenvalue weighted by Gasteiger charge is -2.19. The Morgan fingerprint density at radius 3 is 2.71 bits per heavy atom. The van der Waals surface area contributed by atoms with Gasteiger partial charge in [-0.15, -0.1) is 0 Å². The second kappa shape index (κ2) is 9.40. The Labute approximate surface area is 128 Å². The van der Waals surface area contributed by atoms with Crippen LogP contribution in [0.4, 0.5) is 13.2 Å². The summed E-state index contributed by atoms with van der Waals surface area (Å²) in [5, 5.41) is 7.04. The lowest BCUT2D eigenvalue weighted by molar-refractivity contribution is -0.143. The fourth-order valence-electron chi connectivity index (χ4n) is 2.18. The van der Waals surface area contributed by atoms with E-state index in [2.05, 4.69) is 15.6 Å². The first-order valence-electron chi connectivity index (χ1n) is 7.22. The van der Waals surface area contributed by atoms with Gasteiger partial charge >= 0.3 is 6.18 Å². The molecule has 0 radical (unpaired) electrons. The Morgan fingerprint density at radius 1 is 1.38 bits per heavy atom. The third kappa shape index (κ3) is 9.08. The van der Waals surface area contributed by atoms with Crippen LogP contribution in [0.5, 0.6) is 0 Å². The van der Waals surface area contributed by atoms with Gasteiger partial charge in [0.25, 0.3) is 0 Å². The largest absolute Gasteiger partial charge is 0.401 e. The van der Waals surface area contributed by atoms with Crippen LogP contribution in [-0.4, -0.2) is 68.3 Å². The number of rotatable bonds is 7. The second-order valence-electron chi connectivity index (χ2n) is 5.22. The summed E-state index contributed by atoms with van der Waals surface area (Å²) < 4.78 is 36.5. The van der Waals surface area contributed by atoms with Crippen molar-refractivity contribution in [3.8, 4) is 0 Å². The third-order valence-electron chi connectivity index (χ3n) is 3.20. The van der Waals surface area contributed by atoms with Crippen LogP contribution in [0, 0.1) is 0 Å². The van der Waals surface area contributed by atoms with Crippen LogP contribution < -0.4 is 10.6 Å². The van der Waals surface area contributed by atoms with Crippen LogP contribution in [0.1, 0.15) is 19.3 Å². The smallest absolute Gasteiger partial charge is 0.356 e. The minimum absolute atomic E-state index is 0.405. The molecular weight excluding hydrogens is 301 g/mol. The van der Waals surface area contributed by atoms with E-state index in [4.69, 9.17) is 0 Å². The third-order valence-corrected chi connectivity index (χ3v) is 4.60. The molecular formula is C13H25F3N4S. The number of thioether (sulfide) groups is 1. The molecule has 0 aromatic rings. The first-order chi connectivity index (χ1) is 9.90. The van der Waals surface area contributed by atoms with E-state index in [0.29, 0.717) is 24.8 Å². The second-order valence-corrected chi connectivity index (χ2v) is 6.63. The summed E-state index contributed by atoms with van der Waals surface area (Å²) in [4.78, 5) is 5.40. The molecule has 124 valence electrons. The van der Waals surface area contributed by atoms with Gasteiger partial charge in [0.05, 0.1) is 6.54 Å². The highest BCUT2D eigenvalue weighted by Gasteiger charge is 2.28. The van der Waals surface area contributed by atoms with Gasteiger partial charge in [-0.25, -0.2) is 0 Å². The van der Waals surface area contributed by atoms with Crippen molar-refractivity contribution in [1.29, 1.82) is 0 Å². The Kier molecular flexibility index (Phi) is 8.24. The number of hydrogen-bond acceptors (Lipinski definition) is 3. The molecule has 1 aliphatic heterocycles. The predicted octanol–water partition coefficient (Wildman–Crippen LogP) is 1.93. The van der Waals surface area contributed by atoms with Crippen LogP contribution >= 0.6 is 11.8 Å². The average molecular weight is 326 g/mol. The lowest BCUT2D eigenvalue weighted by Crippen LogP contribution is -2.41. The van der Waals surface area contributed by atoms with Crippen molar-refractivity contribution >= 4 is 17.7 Å². The zero-order valence-corrected chi connectivity index (χ0v) is 13.5. The molecule has 1 saturated heterocycles. The minimum atomic E-state index is -4.13. The highest BCUT2D eigenvalue weighted by atomic mass is 32.2. The molecule has 0 spiro atoms. The zero-order chi connectivity index (χ0) is 15.7.